The van der Waals surface area contributed by atoms with Crippen LogP contribution >= 0.6 is 0 Å². The number of hydrogen-bond donors (Lipinski definition) is 4. The summed E-state index contributed by atoms with van der Waals surface area (Å²) in [7, 11) is 1.55. The van der Waals surface area contributed by atoms with Gasteiger partial charge < -0.3 is 21.1 Å². The first-order chi connectivity index (χ1) is 7.08. The summed E-state index contributed by atoms with van der Waals surface area (Å²) in [6.07, 6.45) is 0. The van der Waals surface area contributed by atoms with Crippen molar-refractivity contribution in [1.29, 1.82) is 0 Å². The number of carbonyl (C=O) groups is 1. The van der Waals surface area contributed by atoms with Crippen molar-refractivity contribution >= 4 is 5.97 Å². The molecule has 0 atom stereocenters. The third-order valence-electron chi connectivity index (χ3n) is 0.903. The van der Waals surface area contributed by atoms with E-state index in [1.165, 1.54) is 0 Å². The number of nitrogens with zero attached hydrogens (tertiary/aromatic N) is 1. The second-order valence-corrected chi connectivity index (χ2v) is 2.15. The van der Waals surface area contributed by atoms with E-state index in [2.05, 4.69) is 5.73 Å². The molecule has 8 heteroatoms. The SMILES string of the molecule is CN(OCCO)OCCO.NCC(=O)O. The van der Waals surface area contributed by atoms with Crippen LogP contribution in [0.2, 0.25) is 0 Å². The fourth-order valence-corrected chi connectivity index (χ4v) is 0.376. The van der Waals surface area contributed by atoms with Crippen molar-refractivity contribution in [3.8, 4) is 0 Å². The molecule has 15 heavy (non-hydrogen) atoms. The van der Waals surface area contributed by atoms with Crippen molar-refractivity contribution in [2.75, 3.05) is 40.0 Å². The molecule has 0 aliphatic rings. The van der Waals surface area contributed by atoms with Gasteiger partial charge in [0.15, 0.2) is 0 Å². The Morgan fingerprint density at radius 2 is 1.60 bits per heavy atom. The Morgan fingerprint density at radius 3 is 1.80 bits per heavy atom. The number of hydroxylamine groups is 2. The van der Waals surface area contributed by atoms with Crippen molar-refractivity contribution in [3.05, 3.63) is 0 Å². The third kappa shape index (κ3) is 19.6. The molecule has 0 aromatic carbocycles. The van der Waals surface area contributed by atoms with E-state index in [-0.39, 0.29) is 33.0 Å². The Kier molecular flexibility index (Phi) is 14.7. The van der Waals surface area contributed by atoms with E-state index in [9.17, 15) is 4.79 Å². The van der Waals surface area contributed by atoms with E-state index in [1.54, 1.807) is 7.05 Å². The van der Waals surface area contributed by atoms with E-state index < -0.39 is 5.97 Å². The van der Waals surface area contributed by atoms with Gasteiger partial charge in [-0.05, 0) is 0 Å². The number of rotatable bonds is 7. The van der Waals surface area contributed by atoms with E-state index in [1.807, 2.05) is 0 Å². The van der Waals surface area contributed by atoms with Gasteiger partial charge in [-0.3, -0.25) is 14.5 Å². The zero-order valence-corrected chi connectivity index (χ0v) is 8.63. The molecular weight excluding hydrogens is 208 g/mol. The van der Waals surface area contributed by atoms with Crippen LogP contribution in [0.3, 0.4) is 0 Å². The Hall–Kier alpha value is -0.770. The Morgan fingerprint density at radius 1 is 1.27 bits per heavy atom. The Bertz CT molecular complexity index is 137. The van der Waals surface area contributed by atoms with Crippen LogP contribution in [0.1, 0.15) is 0 Å². The van der Waals surface area contributed by atoms with Gasteiger partial charge in [0, 0.05) is 7.05 Å². The second kappa shape index (κ2) is 13.2. The highest BCUT2D eigenvalue weighted by molar-refractivity contribution is 5.68. The highest BCUT2D eigenvalue weighted by Crippen LogP contribution is 1.85. The second-order valence-electron chi connectivity index (χ2n) is 2.15. The summed E-state index contributed by atoms with van der Waals surface area (Å²) in [5.41, 5.74) is 4.57. The minimum absolute atomic E-state index is 0.0488. The van der Waals surface area contributed by atoms with Crippen LogP contribution in [0.25, 0.3) is 0 Å². The van der Waals surface area contributed by atoms with Crippen LogP contribution in [0.5, 0.6) is 0 Å². The minimum Gasteiger partial charge on any atom is -0.480 e. The average Bonchev–Trinajstić information content (AvgIpc) is 2.24. The van der Waals surface area contributed by atoms with Crippen LogP contribution in [-0.2, 0) is 14.5 Å². The van der Waals surface area contributed by atoms with E-state index in [4.69, 9.17) is 25.0 Å². The number of carboxylic acid groups (broad SMARTS) is 1. The first-order valence-corrected chi connectivity index (χ1v) is 4.21. The molecule has 0 spiro atoms. The van der Waals surface area contributed by atoms with Gasteiger partial charge in [0.05, 0.1) is 33.0 Å². The van der Waals surface area contributed by atoms with E-state index >= 15 is 0 Å². The monoisotopic (exact) mass is 226 g/mol. The highest BCUT2D eigenvalue weighted by atomic mass is 16.9. The summed E-state index contributed by atoms with van der Waals surface area (Å²) in [6.45, 7) is 0.0174. The van der Waals surface area contributed by atoms with Gasteiger partial charge in [0.2, 0.25) is 0 Å². The number of nitrogens with two attached hydrogens (primary N) is 1. The first-order valence-electron chi connectivity index (χ1n) is 4.21. The quantitative estimate of drug-likeness (QED) is 0.360. The highest BCUT2D eigenvalue weighted by Gasteiger charge is 1.95. The summed E-state index contributed by atoms with van der Waals surface area (Å²) in [4.78, 5) is 18.7. The molecular formula is C7H18N2O6. The first kappa shape index (κ1) is 16.7. The van der Waals surface area contributed by atoms with Crippen LogP contribution in [0.4, 0.5) is 0 Å². The molecule has 0 saturated carbocycles. The topological polar surface area (TPSA) is 125 Å². The molecule has 0 heterocycles. The fraction of sp³-hybridized carbons (Fsp3) is 0.857. The molecule has 0 aromatic heterocycles. The van der Waals surface area contributed by atoms with Crippen LogP contribution < -0.4 is 5.73 Å². The van der Waals surface area contributed by atoms with Gasteiger partial charge in [-0.1, -0.05) is 5.23 Å². The lowest BCUT2D eigenvalue weighted by Gasteiger charge is -2.13. The molecule has 5 N–H and O–H groups in total. The van der Waals surface area contributed by atoms with Gasteiger partial charge in [-0.25, -0.2) is 0 Å². The Labute approximate surface area is 87.7 Å². The van der Waals surface area contributed by atoms with Crippen molar-refractivity contribution < 1.29 is 29.8 Å². The molecule has 0 bridgehead atoms. The molecule has 0 aliphatic carbocycles. The third-order valence-corrected chi connectivity index (χ3v) is 0.903. The average molecular weight is 226 g/mol. The van der Waals surface area contributed by atoms with Crippen molar-refractivity contribution in [2.24, 2.45) is 5.73 Å². The largest absolute Gasteiger partial charge is 0.480 e. The summed E-state index contributed by atoms with van der Waals surface area (Å²) in [5, 5.41) is 25.3. The van der Waals surface area contributed by atoms with Gasteiger partial charge in [0.25, 0.3) is 0 Å². The summed E-state index contributed by atoms with van der Waals surface area (Å²) in [6, 6.07) is 0. The predicted molar refractivity (Wildman–Crippen MR) is 50.5 cm³/mol. The smallest absolute Gasteiger partial charge is 0.317 e. The lowest BCUT2D eigenvalue weighted by molar-refractivity contribution is -0.356. The van der Waals surface area contributed by atoms with Crippen LogP contribution in [0, 0.1) is 0 Å². The van der Waals surface area contributed by atoms with Crippen molar-refractivity contribution in [2.45, 2.75) is 0 Å². The fourth-order valence-electron chi connectivity index (χ4n) is 0.376. The lowest BCUT2D eigenvalue weighted by Crippen LogP contribution is -2.22. The maximum absolute atomic E-state index is 9.24. The standard InChI is InChI=1S/C5H13NO4.C2H5NO2/c1-6(9-4-2-7)10-5-3-8;3-1-2(4)5/h7-8H,2-5H2,1H3;1,3H2,(H,4,5). The van der Waals surface area contributed by atoms with Crippen LogP contribution in [-0.4, -0.2) is 66.5 Å². The maximum Gasteiger partial charge on any atom is 0.317 e. The molecule has 0 saturated heterocycles. The number of hydrogen-bond acceptors (Lipinski definition) is 7. The van der Waals surface area contributed by atoms with E-state index in [0.717, 1.165) is 5.23 Å². The van der Waals surface area contributed by atoms with Crippen LogP contribution in [0.15, 0.2) is 0 Å². The molecule has 0 amide bonds. The minimum atomic E-state index is -0.968. The molecule has 0 aliphatic heterocycles. The normalized spacial score (nSPS) is 9.67. The molecule has 0 aromatic rings. The number of aliphatic hydroxyl groups is 2. The van der Waals surface area contributed by atoms with Gasteiger partial charge in [-0.15, -0.1) is 0 Å². The number of carboxylic acids is 1. The maximum atomic E-state index is 9.24. The van der Waals surface area contributed by atoms with E-state index in [0.29, 0.717) is 0 Å². The molecule has 0 radical (unpaired) electrons. The number of aliphatic hydroxyl groups excluding tert-OH is 2. The zero-order chi connectivity index (χ0) is 12.1. The molecule has 0 unspecified atom stereocenters. The Balaban J connectivity index is 0. The summed E-state index contributed by atoms with van der Waals surface area (Å²) in [5.74, 6) is -0.968. The zero-order valence-electron chi connectivity index (χ0n) is 8.63. The summed E-state index contributed by atoms with van der Waals surface area (Å²) >= 11 is 0. The molecule has 0 rings (SSSR count). The molecule has 0 fully saturated rings. The predicted octanol–water partition coefficient (Wildman–Crippen LogP) is -2.20. The van der Waals surface area contributed by atoms with Crippen molar-refractivity contribution in [1.82, 2.24) is 5.23 Å². The number of aliphatic carboxylic acids is 1. The van der Waals surface area contributed by atoms with Gasteiger partial charge in [-0.2, -0.15) is 0 Å². The van der Waals surface area contributed by atoms with Gasteiger partial charge >= 0.3 is 5.97 Å². The lowest BCUT2D eigenvalue weighted by atomic mass is 10.7. The summed E-state index contributed by atoms with van der Waals surface area (Å²) < 4.78 is 0. The van der Waals surface area contributed by atoms with Crippen molar-refractivity contribution in [3.63, 3.8) is 0 Å². The van der Waals surface area contributed by atoms with Gasteiger partial charge in [0.1, 0.15) is 0 Å². The molecule has 8 nitrogen and oxygen atoms in total. The molecule has 92 valence electrons.